The number of nitrogens with zero attached hydrogens (tertiary/aromatic N) is 1. The minimum Gasteiger partial charge on any atom is -0.429 e. The summed E-state index contributed by atoms with van der Waals surface area (Å²) < 4.78 is 10.9. The molecule has 1 aromatic heterocycles. The van der Waals surface area contributed by atoms with Gasteiger partial charge in [-0.2, -0.15) is 0 Å². The number of carbonyl (C=O) groups is 1. The Morgan fingerprint density at radius 2 is 2.32 bits per heavy atom. The Bertz CT molecular complexity index is 734. The number of carbonyl (C=O) groups excluding carboxylic acids is 1. The maximum atomic E-state index is 12.8. The number of aromatic nitrogens is 1. The number of fused-ring (bicyclic) bond motifs is 1. The van der Waals surface area contributed by atoms with Gasteiger partial charge in [0, 0.05) is 12.1 Å². The lowest BCUT2D eigenvalue weighted by atomic mass is 10.0. The second-order valence-corrected chi connectivity index (χ2v) is 6.45. The first kappa shape index (κ1) is 15.2. The highest BCUT2D eigenvalue weighted by atomic mass is 32.1. The predicted molar refractivity (Wildman–Crippen MR) is 86.5 cm³/mol. The average Bonchev–Trinajstić information content (AvgIpc) is 2.85. The first-order chi connectivity index (χ1) is 10.5. The SMILES string of the molecule is CC(C)C[C@@H]1COCCN1C(=O)c1ccc2[nH]c(=S)oc2c1. The predicted octanol–water partition coefficient (Wildman–Crippen LogP) is 3.38. The molecule has 1 atom stereocenters. The van der Waals surface area contributed by atoms with E-state index in [-0.39, 0.29) is 11.9 Å². The molecule has 0 aliphatic carbocycles. The Morgan fingerprint density at radius 1 is 1.50 bits per heavy atom. The molecule has 3 rings (SSSR count). The van der Waals surface area contributed by atoms with Gasteiger partial charge in [-0.3, -0.25) is 4.79 Å². The van der Waals surface area contributed by atoms with Crippen molar-refractivity contribution in [2.75, 3.05) is 19.8 Å². The molecular formula is C16H20N2O3S. The Kier molecular flexibility index (Phi) is 4.31. The molecule has 1 amide bonds. The molecule has 1 saturated heterocycles. The lowest BCUT2D eigenvalue weighted by molar-refractivity contribution is -0.00746. The highest BCUT2D eigenvalue weighted by molar-refractivity contribution is 7.71. The second-order valence-electron chi connectivity index (χ2n) is 6.08. The number of benzene rings is 1. The fourth-order valence-electron chi connectivity index (χ4n) is 2.91. The first-order valence-corrected chi connectivity index (χ1v) is 7.97. The molecule has 2 heterocycles. The number of morpholine rings is 1. The molecule has 1 aliphatic rings. The molecule has 1 aromatic carbocycles. The summed E-state index contributed by atoms with van der Waals surface area (Å²) in [6, 6.07) is 5.54. The zero-order chi connectivity index (χ0) is 15.7. The van der Waals surface area contributed by atoms with Gasteiger partial charge in [0.05, 0.1) is 24.8 Å². The van der Waals surface area contributed by atoms with Gasteiger partial charge in [-0.25, -0.2) is 0 Å². The Hall–Kier alpha value is -1.66. The Morgan fingerprint density at radius 3 is 3.09 bits per heavy atom. The van der Waals surface area contributed by atoms with Gasteiger partial charge in [0.25, 0.3) is 10.7 Å². The fraction of sp³-hybridized carbons (Fsp3) is 0.500. The van der Waals surface area contributed by atoms with Crippen LogP contribution >= 0.6 is 12.2 Å². The number of rotatable bonds is 3. The maximum absolute atomic E-state index is 12.8. The first-order valence-electron chi connectivity index (χ1n) is 7.56. The number of oxazole rings is 1. The highest BCUT2D eigenvalue weighted by Crippen LogP contribution is 2.21. The summed E-state index contributed by atoms with van der Waals surface area (Å²) in [4.78, 5) is 18.0. The summed E-state index contributed by atoms with van der Waals surface area (Å²) in [5.74, 6) is 0.546. The molecule has 2 aromatic rings. The van der Waals surface area contributed by atoms with Crippen LogP contribution in [0.2, 0.25) is 0 Å². The lowest BCUT2D eigenvalue weighted by Crippen LogP contribution is -2.49. The summed E-state index contributed by atoms with van der Waals surface area (Å²) in [6.45, 7) is 6.15. The van der Waals surface area contributed by atoms with Crippen LogP contribution in [-0.4, -0.2) is 41.6 Å². The number of ether oxygens (including phenoxy) is 1. The third kappa shape index (κ3) is 3.08. The van der Waals surface area contributed by atoms with E-state index in [1.54, 1.807) is 6.07 Å². The van der Waals surface area contributed by atoms with Gasteiger partial charge in [-0.1, -0.05) is 13.8 Å². The van der Waals surface area contributed by atoms with Crippen LogP contribution in [0.3, 0.4) is 0 Å². The van der Waals surface area contributed by atoms with Crippen LogP contribution in [0.15, 0.2) is 22.6 Å². The van der Waals surface area contributed by atoms with E-state index in [1.165, 1.54) is 0 Å². The molecule has 0 saturated carbocycles. The van der Waals surface area contributed by atoms with Crippen LogP contribution in [0.5, 0.6) is 0 Å². The van der Waals surface area contributed by atoms with Crippen molar-refractivity contribution in [3.63, 3.8) is 0 Å². The van der Waals surface area contributed by atoms with Crippen LogP contribution in [-0.2, 0) is 4.74 Å². The van der Waals surface area contributed by atoms with Crippen LogP contribution < -0.4 is 0 Å². The van der Waals surface area contributed by atoms with E-state index in [1.807, 2.05) is 17.0 Å². The van der Waals surface area contributed by atoms with E-state index >= 15 is 0 Å². The largest absolute Gasteiger partial charge is 0.429 e. The van der Waals surface area contributed by atoms with Crippen molar-refractivity contribution in [1.82, 2.24) is 9.88 Å². The number of aromatic amines is 1. The van der Waals surface area contributed by atoms with Crippen LogP contribution in [0.4, 0.5) is 0 Å². The van der Waals surface area contributed by atoms with Gasteiger partial charge < -0.3 is 19.0 Å². The summed E-state index contributed by atoms with van der Waals surface area (Å²) in [7, 11) is 0. The van der Waals surface area contributed by atoms with Crippen molar-refractivity contribution < 1.29 is 13.9 Å². The summed E-state index contributed by atoms with van der Waals surface area (Å²) >= 11 is 4.98. The molecular weight excluding hydrogens is 300 g/mol. The van der Waals surface area contributed by atoms with Crippen LogP contribution in [0, 0.1) is 10.8 Å². The van der Waals surface area contributed by atoms with Crippen molar-refractivity contribution in [2.24, 2.45) is 5.92 Å². The molecule has 0 radical (unpaired) electrons. The topological polar surface area (TPSA) is 58.5 Å². The zero-order valence-electron chi connectivity index (χ0n) is 12.8. The molecule has 5 nitrogen and oxygen atoms in total. The number of H-pyrrole nitrogens is 1. The number of amides is 1. The van der Waals surface area contributed by atoms with Crippen molar-refractivity contribution in [3.05, 3.63) is 28.6 Å². The molecule has 6 heteroatoms. The summed E-state index contributed by atoms with van der Waals surface area (Å²) in [5, 5.41) is 0. The molecule has 1 aliphatic heterocycles. The number of hydrogen-bond donors (Lipinski definition) is 1. The third-order valence-electron chi connectivity index (χ3n) is 3.90. The van der Waals surface area contributed by atoms with Crippen molar-refractivity contribution in [2.45, 2.75) is 26.3 Å². The maximum Gasteiger partial charge on any atom is 0.266 e. The van der Waals surface area contributed by atoms with E-state index in [2.05, 4.69) is 18.8 Å². The van der Waals surface area contributed by atoms with Gasteiger partial charge in [-0.15, -0.1) is 0 Å². The lowest BCUT2D eigenvalue weighted by Gasteiger charge is -2.36. The Labute approximate surface area is 134 Å². The van der Waals surface area contributed by atoms with E-state index in [9.17, 15) is 4.79 Å². The Balaban J connectivity index is 1.87. The van der Waals surface area contributed by atoms with E-state index in [0.29, 0.717) is 41.7 Å². The summed E-state index contributed by atoms with van der Waals surface area (Å²) in [6.07, 6.45) is 0.943. The van der Waals surface area contributed by atoms with Gasteiger partial charge >= 0.3 is 0 Å². The molecule has 1 fully saturated rings. The van der Waals surface area contributed by atoms with E-state index in [4.69, 9.17) is 21.4 Å². The quantitative estimate of drug-likeness (QED) is 0.881. The molecule has 1 N–H and O–H groups in total. The normalized spacial score (nSPS) is 19.0. The fourth-order valence-corrected chi connectivity index (χ4v) is 3.11. The molecule has 0 unspecified atom stereocenters. The summed E-state index contributed by atoms with van der Waals surface area (Å²) in [5.41, 5.74) is 2.05. The van der Waals surface area contributed by atoms with Crippen LogP contribution in [0.25, 0.3) is 11.1 Å². The molecule has 118 valence electrons. The van der Waals surface area contributed by atoms with Gasteiger partial charge in [0.15, 0.2) is 5.58 Å². The van der Waals surface area contributed by atoms with E-state index in [0.717, 1.165) is 11.9 Å². The van der Waals surface area contributed by atoms with Crippen molar-refractivity contribution in [3.8, 4) is 0 Å². The van der Waals surface area contributed by atoms with Crippen molar-refractivity contribution >= 4 is 29.2 Å². The zero-order valence-corrected chi connectivity index (χ0v) is 13.6. The third-order valence-corrected chi connectivity index (χ3v) is 4.09. The average molecular weight is 320 g/mol. The monoisotopic (exact) mass is 320 g/mol. The minimum absolute atomic E-state index is 0.0261. The van der Waals surface area contributed by atoms with Gasteiger partial charge in [0.2, 0.25) is 0 Å². The van der Waals surface area contributed by atoms with E-state index < -0.39 is 0 Å². The van der Waals surface area contributed by atoms with Gasteiger partial charge in [0.1, 0.15) is 0 Å². The van der Waals surface area contributed by atoms with Crippen molar-refractivity contribution in [1.29, 1.82) is 0 Å². The number of hydrogen-bond acceptors (Lipinski definition) is 4. The molecule has 0 bridgehead atoms. The van der Waals surface area contributed by atoms with Gasteiger partial charge in [-0.05, 0) is 42.8 Å². The standard InChI is InChI=1S/C16H20N2O3S/c1-10(2)7-12-9-20-6-5-18(12)15(19)11-3-4-13-14(8-11)21-16(22)17-13/h3-4,8,10,12H,5-7,9H2,1-2H3,(H,17,22)/t12-/m1/s1. The highest BCUT2D eigenvalue weighted by Gasteiger charge is 2.28. The smallest absolute Gasteiger partial charge is 0.266 e. The minimum atomic E-state index is 0.0261. The molecule has 0 spiro atoms. The van der Waals surface area contributed by atoms with Crippen LogP contribution in [0.1, 0.15) is 30.6 Å². The second kappa shape index (κ2) is 6.22. The number of nitrogens with one attached hydrogen (secondary N) is 1. The molecule has 22 heavy (non-hydrogen) atoms.